The summed E-state index contributed by atoms with van der Waals surface area (Å²) >= 11 is 0. The van der Waals surface area contributed by atoms with Gasteiger partial charge in [-0.15, -0.1) is 0 Å². The van der Waals surface area contributed by atoms with Crippen LogP contribution < -0.4 is 0 Å². The first-order valence-electron chi connectivity index (χ1n) is 7.69. The number of rotatable bonds is 3. The van der Waals surface area contributed by atoms with Crippen LogP contribution in [0.5, 0.6) is 0 Å². The highest BCUT2D eigenvalue weighted by atomic mass is 32.2. The Hall–Kier alpha value is -1.65. The van der Waals surface area contributed by atoms with Gasteiger partial charge in [-0.25, -0.2) is 8.42 Å². The Kier molecular flexibility index (Phi) is 4.32. The van der Waals surface area contributed by atoms with Crippen molar-refractivity contribution in [2.75, 3.05) is 13.1 Å². The van der Waals surface area contributed by atoms with E-state index in [0.29, 0.717) is 18.0 Å². The molecule has 2 aromatic carbocycles. The molecular formula is C18H21NO2S. The van der Waals surface area contributed by atoms with Crippen molar-refractivity contribution in [1.82, 2.24) is 4.31 Å². The molecule has 0 amide bonds. The van der Waals surface area contributed by atoms with Crippen LogP contribution >= 0.6 is 0 Å². The molecule has 0 aromatic heterocycles. The second-order valence-corrected chi connectivity index (χ2v) is 7.86. The van der Waals surface area contributed by atoms with Crippen LogP contribution in [0.3, 0.4) is 0 Å². The molecule has 3 nitrogen and oxygen atoms in total. The third kappa shape index (κ3) is 3.08. The highest BCUT2D eigenvalue weighted by Crippen LogP contribution is 2.30. The van der Waals surface area contributed by atoms with E-state index in [2.05, 4.69) is 12.1 Å². The molecule has 22 heavy (non-hydrogen) atoms. The van der Waals surface area contributed by atoms with Crippen molar-refractivity contribution in [2.24, 2.45) is 0 Å². The molecule has 0 aliphatic carbocycles. The monoisotopic (exact) mass is 315 g/mol. The third-order valence-corrected chi connectivity index (χ3v) is 6.19. The fraction of sp³-hybridized carbons (Fsp3) is 0.333. The maximum absolute atomic E-state index is 12.8. The molecule has 0 bridgehead atoms. The van der Waals surface area contributed by atoms with Crippen molar-refractivity contribution in [3.63, 3.8) is 0 Å². The van der Waals surface area contributed by atoms with Crippen molar-refractivity contribution >= 4 is 10.0 Å². The Morgan fingerprint density at radius 3 is 2.36 bits per heavy atom. The standard InChI is InChI=1S/C18H21NO2S/c1-15-9-11-18(12-10-15)22(20,21)19-13-5-8-17(14-19)16-6-3-2-4-7-16/h2-4,6-7,9-12,17H,5,8,13-14H2,1H3/t17-/m1/s1. The van der Waals surface area contributed by atoms with Crippen LogP contribution in [-0.2, 0) is 10.0 Å². The van der Waals surface area contributed by atoms with Gasteiger partial charge in [0.2, 0.25) is 10.0 Å². The minimum Gasteiger partial charge on any atom is -0.207 e. The maximum atomic E-state index is 12.8. The lowest BCUT2D eigenvalue weighted by atomic mass is 9.92. The molecule has 1 heterocycles. The molecule has 1 atom stereocenters. The topological polar surface area (TPSA) is 37.4 Å². The zero-order valence-electron chi connectivity index (χ0n) is 12.8. The number of piperidine rings is 1. The van der Waals surface area contributed by atoms with Crippen LogP contribution in [0.4, 0.5) is 0 Å². The van der Waals surface area contributed by atoms with Crippen LogP contribution in [-0.4, -0.2) is 25.8 Å². The van der Waals surface area contributed by atoms with Crippen molar-refractivity contribution in [1.29, 1.82) is 0 Å². The van der Waals surface area contributed by atoms with Gasteiger partial charge in [0, 0.05) is 13.1 Å². The van der Waals surface area contributed by atoms with E-state index in [1.165, 1.54) is 5.56 Å². The Labute approximate surface area is 132 Å². The summed E-state index contributed by atoms with van der Waals surface area (Å²) in [7, 11) is -3.39. The van der Waals surface area contributed by atoms with Gasteiger partial charge in [0.1, 0.15) is 0 Å². The molecule has 3 rings (SSSR count). The molecule has 1 saturated heterocycles. The van der Waals surface area contributed by atoms with Crippen molar-refractivity contribution < 1.29 is 8.42 Å². The van der Waals surface area contributed by atoms with Crippen LogP contribution in [0.25, 0.3) is 0 Å². The number of aryl methyl sites for hydroxylation is 1. The van der Waals surface area contributed by atoms with Gasteiger partial charge in [0.05, 0.1) is 4.90 Å². The summed E-state index contributed by atoms with van der Waals surface area (Å²) in [6.07, 6.45) is 1.95. The van der Waals surface area contributed by atoms with Crippen LogP contribution in [0.1, 0.15) is 29.9 Å². The summed E-state index contributed by atoms with van der Waals surface area (Å²) in [5, 5.41) is 0. The van der Waals surface area contributed by atoms with E-state index in [1.54, 1.807) is 16.4 Å². The van der Waals surface area contributed by atoms with E-state index in [1.807, 2.05) is 37.3 Å². The number of hydrogen-bond donors (Lipinski definition) is 0. The Morgan fingerprint density at radius 2 is 1.68 bits per heavy atom. The fourth-order valence-electron chi connectivity index (χ4n) is 3.02. The smallest absolute Gasteiger partial charge is 0.207 e. The lowest BCUT2D eigenvalue weighted by Gasteiger charge is -2.32. The lowest BCUT2D eigenvalue weighted by molar-refractivity contribution is 0.315. The normalized spacial score (nSPS) is 20.0. The zero-order chi connectivity index (χ0) is 15.6. The summed E-state index contributed by atoms with van der Waals surface area (Å²) in [5.74, 6) is 0.287. The van der Waals surface area contributed by atoms with Crippen molar-refractivity contribution in [3.05, 3.63) is 65.7 Å². The van der Waals surface area contributed by atoms with E-state index in [0.717, 1.165) is 18.4 Å². The molecule has 0 unspecified atom stereocenters. The van der Waals surface area contributed by atoms with E-state index >= 15 is 0 Å². The molecule has 1 aliphatic rings. The summed E-state index contributed by atoms with van der Waals surface area (Å²) in [6, 6.07) is 17.3. The summed E-state index contributed by atoms with van der Waals surface area (Å²) in [4.78, 5) is 0.395. The van der Waals surface area contributed by atoms with Gasteiger partial charge in [-0.05, 0) is 43.4 Å². The maximum Gasteiger partial charge on any atom is 0.243 e. The summed E-state index contributed by atoms with van der Waals surface area (Å²) < 4.78 is 27.2. The number of benzene rings is 2. The molecule has 2 aromatic rings. The Morgan fingerprint density at radius 1 is 1.00 bits per heavy atom. The SMILES string of the molecule is Cc1ccc(S(=O)(=O)N2CCC[C@@H](c3ccccc3)C2)cc1. The predicted octanol–water partition coefficient (Wildman–Crippen LogP) is 3.56. The minimum atomic E-state index is -3.39. The molecule has 0 spiro atoms. The minimum absolute atomic E-state index is 0.287. The van der Waals surface area contributed by atoms with Crippen LogP contribution in [0, 0.1) is 6.92 Å². The van der Waals surface area contributed by atoms with Crippen molar-refractivity contribution in [2.45, 2.75) is 30.6 Å². The molecule has 1 aliphatic heterocycles. The summed E-state index contributed by atoms with van der Waals surface area (Å²) in [6.45, 7) is 3.14. The number of sulfonamides is 1. The molecule has 0 radical (unpaired) electrons. The quantitative estimate of drug-likeness (QED) is 0.868. The Balaban J connectivity index is 1.83. The molecule has 4 heteroatoms. The van der Waals surface area contributed by atoms with E-state index in [-0.39, 0.29) is 5.92 Å². The van der Waals surface area contributed by atoms with E-state index < -0.39 is 10.0 Å². The largest absolute Gasteiger partial charge is 0.243 e. The van der Waals surface area contributed by atoms with Crippen LogP contribution in [0.15, 0.2) is 59.5 Å². The van der Waals surface area contributed by atoms with Crippen LogP contribution in [0.2, 0.25) is 0 Å². The number of nitrogens with zero attached hydrogens (tertiary/aromatic N) is 1. The van der Waals surface area contributed by atoms with Gasteiger partial charge in [0.15, 0.2) is 0 Å². The average Bonchev–Trinajstić information content (AvgIpc) is 2.56. The molecule has 0 N–H and O–H groups in total. The average molecular weight is 315 g/mol. The molecular weight excluding hydrogens is 294 g/mol. The van der Waals surface area contributed by atoms with Gasteiger partial charge in [-0.3, -0.25) is 0 Å². The molecule has 1 fully saturated rings. The lowest BCUT2D eigenvalue weighted by Crippen LogP contribution is -2.39. The Bertz CT molecular complexity index is 723. The second kappa shape index (κ2) is 6.23. The zero-order valence-corrected chi connectivity index (χ0v) is 13.6. The fourth-order valence-corrected chi connectivity index (χ4v) is 4.54. The first-order chi connectivity index (χ1) is 10.6. The van der Waals surface area contributed by atoms with Crippen molar-refractivity contribution in [3.8, 4) is 0 Å². The highest BCUT2D eigenvalue weighted by Gasteiger charge is 2.30. The molecule has 116 valence electrons. The third-order valence-electron chi connectivity index (χ3n) is 4.31. The van der Waals surface area contributed by atoms with Gasteiger partial charge < -0.3 is 0 Å². The summed E-state index contributed by atoms with van der Waals surface area (Å²) in [5.41, 5.74) is 2.30. The first-order valence-corrected chi connectivity index (χ1v) is 9.13. The first kappa shape index (κ1) is 15.3. The molecule has 0 saturated carbocycles. The highest BCUT2D eigenvalue weighted by molar-refractivity contribution is 7.89. The van der Waals surface area contributed by atoms with Gasteiger partial charge in [0.25, 0.3) is 0 Å². The van der Waals surface area contributed by atoms with E-state index in [9.17, 15) is 8.42 Å². The second-order valence-electron chi connectivity index (χ2n) is 5.93. The van der Waals surface area contributed by atoms with E-state index in [4.69, 9.17) is 0 Å². The van der Waals surface area contributed by atoms with Gasteiger partial charge >= 0.3 is 0 Å². The van der Waals surface area contributed by atoms with Gasteiger partial charge in [-0.2, -0.15) is 4.31 Å². The predicted molar refractivity (Wildman–Crippen MR) is 88.4 cm³/mol. The number of hydrogen-bond acceptors (Lipinski definition) is 2. The van der Waals surface area contributed by atoms with Gasteiger partial charge in [-0.1, -0.05) is 48.0 Å².